The first kappa shape index (κ1) is 27.5. The summed E-state index contributed by atoms with van der Waals surface area (Å²) in [6.45, 7) is 3.11. The number of rotatable bonds is 9. The molecule has 33 heavy (non-hydrogen) atoms. The Kier molecular flexibility index (Phi) is 9.70. The minimum atomic E-state index is -3.89. The van der Waals surface area contributed by atoms with Crippen molar-refractivity contribution in [2.75, 3.05) is 23.7 Å². The fourth-order valence-electron chi connectivity index (χ4n) is 3.04. The molecule has 0 aliphatic carbocycles. The zero-order valence-electron chi connectivity index (χ0n) is 18.1. The molecule has 7 nitrogen and oxygen atoms in total. The lowest BCUT2D eigenvalue weighted by molar-refractivity contribution is -0.139. The van der Waals surface area contributed by atoms with E-state index in [4.69, 9.17) is 46.4 Å². The molecule has 0 aliphatic rings. The van der Waals surface area contributed by atoms with Gasteiger partial charge in [0, 0.05) is 23.1 Å². The van der Waals surface area contributed by atoms with Gasteiger partial charge in [0.25, 0.3) is 0 Å². The SMILES string of the molecule is CCNC(=O)[C@@H](C)N(Cc1ccc(Cl)c(Cl)c1)C(=O)CN(c1cc(Cl)cc(Cl)c1)S(C)(=O)=O. The van der Waals surface area contributed by atoms with Gasteiger partial charge >= 0.3 is 0 Å². The van der Waals surface area contributed by atoms with E-state index in [1.807, 2.05) is 0 Å². The summed E-state index contributed by atoms with van der Waals surface area (Å²) in [7, 11) is -3.89. The lowest BCUT2D eigenvalue weighted by Gasteiger charge is -2.31. The Labute approximate surface area is 213 Å². The van der Waals surface area contributed by atoms with Crippen LogP contribution in [0.2, 0.25) is 20.1 Å². The van der Waals surface area contributed by atoms with Crippen molar-refractivity contribution in [1.82, 2.24) is 10.2 Å². The molecule has 0 aromatic heterocycles. The molecule has 1 N–H and O–H groups in total. The van der Waals surface area contributed by atoms with Crippen LogP contribution in [0, 0.1) is 0 Å². The van der Waals surface area contributed by atoms with Gasteiger partial charge in [-0.2, -0.15) is 0 Å². The standard InChI is InChI=1S/C21H23Cl4N3O4S/c1-4-26-21(30)13(2)27(11-14-5-6-18(24)19(25)7-14)20(29)12-28(33(3,31)32)17-9-15(22)8-16(23)10-17/h5-10,13H,4,11-12H2,1-3H3,(H,26,30)/t13-/m1/s1. The second-order valence-electron chi connectivity index (χ2n) is 7.24. The lowest BCUT2D eigenvalue weighted by Crippen LogP contribution is -2.51. The van der Waals surface area contributed by atoms with E-state index in [1.165, 1.54) is 23.1 Å². The zero-order chi connectivity index (χ0) is 24.9. The van der Waals surface area contributed by atoms with Crippen LogP contribution in [0.15, 0.2) is 36.4 Å². The highest BCUT2D eigenvalue weighted by molar-refractivity contribution is 7.92. The van der Waals surface area contributed by atoms with Gasteiger partial charge in [0.05, 0.1) is 22.0 Å². The molecule has 12 heteroatoms. The number of nitrogens with one attached hydrogen (secondary N) is 1. The molecule has 2 amide bonds. The topological polar surface area (TPSA) is 86.8 Å². The number of halogens is 4. The Morgan fingerprint density at radius 2 is 1.61 bits per heavy atom. The third-order valence-corrected chi connectivity index (χ3v) is 6.99. The van der Waals surface area contributed by atoms with Crippen LogP contribution in [0.3, 0.4) is 0 Å². The Morgan fingerprint density at radius 3 is 2.12 bits per heavy atom. The van der Waals surface area contributed by atoms with Crippen molar-refractivity contribution in [2.45, 2.75) is 26.4 Å². The van der Waals surface area contributed by atoms with Gasteiger partial charge in [-0.05, 0) is 49.7 Å². The molecule has 0 bridgehead atoms. The van der Waals surface area contributed by atoms with Crippen LogP contribution in [0.25, 0.3) is 0 Å². The molecule has 0 heterocycles. The van der Waals surface area contributed by atoms with E-state index in [1.54, 1.807) is 32.0 Å². The van der Waals surface area contributed by atoms with Crippen molar-refractivity contribution in [3.63, 3.8) is 0 Å². The van der Waals surface area contributed by atoms with Crippen LogP contribution in [0.4, 0.5) is 5.69 Å². The minimum absolute atomic E-state index is 0.00191. The first-order chi connectivity index (χ1) is 15.3. The van der Waals surface area contributed by atoms with Crippen LogP contribution < -0.4 is 9.62 Å². The average Bonchev–Trinajstić information content (AvgIpc) is 2.70. The smallest absolute Gasteiger partial charge is 0.244 e. The Hall–Kier alpha value is -1.71. The van der Waals surface area contributed by atoms with Crippen molar-refractivity contribution in [3.8, 4) is 0 Å². The third-order valence-electron chi connectivity index (χ3n) is 4.67. The molecule has 2 rings (SSSR count). The molecule has 1 atom stereocenters. The van der Waals surface area contributed by atoms with Crippen molar-refractivity contribution in [3.05, 3.63) is 62.1 Å². The van der Waals surface area contributed by atoms with Crippen molar-refractivity contribution in [2.24, 2.45) is 0 Å². The van der Waals surface area contributed by atoms with Gasteiger partial charge in [0.15, 0.2) is 0 Å². The molecule has 0 saturated carbocycles. The molecule has 0 fully saturated rings. The molecule has 2 aromatic carbocycles. The molecule has 0 saturated heterocycles. The molecule has 180 valence electrons. The quantitative estimate of drug-likeness (QED) is 0.490. The second kappa shape index (κ2) is 11.6. The van der Waals surface area contributed by atoms with E-state index in [-0.39, 0.29) is 28.2 Å². The van der Waals surface area contributed by atoms with Crippen LogP contribution in [-0.4, -0.2) is 50.5 Å². The van der Waals surface area contributed by atoms with Crippen LogP contribution >= 0.6 is 46.4 Å². The Balaban J connectivity index is 2.43. The van der Waals surface area contributed by atoms with Gasteiger partial charge in [-0.3, -0.25) is 13.9 Å². The third kappa shape index (κ3) is 7.65. The van der Waals surface area contributed by atoms with Crippen molar-refractivity contribution in [1.29, 1.82) is 0 Å². The normalized spacial score (nSPS) is 12.2. The Bertz CT molecular complexity index is 1120. The van der Waals surface area contributed by atoms with Gasteiger partial charge in [0.1, 0.15) is 12.6 Å². The molecule has 0 aliphatic heterocycles. The van der Waals surface area contributed by atoms with E-state index in [2.05, 4.69) is 5.32 Å². The summed E-state index contributed by atoms with van der Waals surface area (Å²) in [5.74, 6) is -0.996. The van der Waals surface area contributed by atoms with E-state index >= 15 is 0 Å². The van der Waals surface area contributed by atoms with Crippen molar-refractivity contribution < 1.29 is 18.0 Å². The van der Waals surface area contributed by atoms with Gasteiger partial charge < -0.3 is 10.2 Å². The molecule has 0 unspecified atom stereocenters. The number of sulfonamides is 1. The predicted octanol–water partition coefficient (Wildman–Crippen LogP) is 4.62. The van der Waals surface area contributed by atoms with Crippen LogP contribution in [0.5, 0.6) is 0 Å². The van der Waals surface area contributed by atoms with Crippen molar-refractivity contribution >= 4 is 73.9 Å². The first-order valence-corrected chi connectivity index (χ1v) is 13.1. The van der Waals surface area contributed by atoms with Gasteiger partial charge in [-0.15, -0.1) is 0 Å². The summed E-state index contributed by atoms with van der Waals surface area (Å²) in [5.41, 5.74) is 0.745. The maximum atomic E-state index is 13.4. The van der Waals surface area contributed by atoms with Gasteiger partial charge in [-0.1, -0.05) is 52.5 Å². The molecule has 2 aromatic rings. The molecule has 0 spiro atoms. The number of benzene rings is 2. The number of amides is 2. The highest BCUT2D eigenvalue weighted by Crippen LogP contribution is 2.28. The minimum Gasteiger partial charge on any atom is -0.355 e. The van der Waals surface area contributed by atoms with Crippen LogP contribution in [-0.2, 0) is 26.2 Å². The fraction of sp³-hybridized carbons (Fsp3) is 0.333. The highest BCUT2D eigenvalue weighted by Gasteiger charge is 2.30. The summed E-state index contributed by atoms with van der Waals surface area (Å²) >= 11 is 24.1. The largest absolute Gasteiger partial charge is 0.355 e. The number of nitrogens with zero attached hydrogens (tertiary/aromatic N) is 2. The average molecular weight is 555 g/mol. The summed E-state index contributed by atoms with van der Waals surface area (Å²) in [4.78, 5) is 27.2. The number of anilines is 1. The van der Waals surface area contributed by atoms with Gasteiger partial charge in [-0.25, -0.2) is 8.42 Å². The number of carbonyl (C=O) groups is 2. The summed E-state index contributed by atoms with van der Waals surface area (Å²) in [6.07, 6.45) is 0.964. The maximum absolute atomic E-state index is 13.4. The predicted molar refractivity (Wildman–Crippen MR) is 134 cm³/mol. The van der Waals surface area contributed by atoms with Crippen LogP contribution in [0.1, 0.15) is 19.4 Å². The van der Waals surface area contributed by atoms with E-state index < -0.39 is 28.5 Å². The first-order valence-electron chi connectivity index (χ1n) is 9.78. The van der Waals surface area contributed by atoms with Gasteiger partial charge in [0.2, 0.25) is 21.8 Å². The lowest BCUT2D eigenvalue weighted by atomic mass is 10.1. The monoisotopic (exact) mass is 553 g/mol. The second-order valence-corrected chi connectivity index (χ2v) is 10.8. The van der Waals surface area contributed by atoms with E-state index in [9.17, 15) is 18.0 Å². The zero-order valence-corrected chi connectivity index (χ0v) is 22.0. The Morgan fingerprint density at radius 1 is 1.00 bits per heavy atom. The highest BCUT2D eigenvalue weighted by atomic mass is 35.5. The van der Waals surface area contributed by atoms with E-state index in [0.717, 1.165) is 10.6 Å². The summed E-state index contributed by atoms with van der Waals surface area (Å²) in [5, 5.41) is 3.72. The summed E-state index contributed by atoms with van der Waals surface area (Å²) in [6, 6.07) is 8.16. The maximum Gasteiger partial charge on any atom is 0.244 e. The molecule has 0 radical (unpaired) electrons. The van der Waals surface area contributed by atoms with E-state index in [0.29, 0.717) is 22.2 Å². The summed E-state index contributed by atoms with van der Waals surface area (Å²) < 4.78 is 25.9. The number of carbonyl (C=O) groups excluding carboxylic acids is 2. The molecular weight excluding hydrogens is 532 g/mol. The number of likely N-dealkylation sites (N-methyl/N-ethyl adjacent to an activating group) is 1. The number of hydrogen-bond donors (Lipinski definition) is 1. The fourth-order valence-corrected chi connectivity index (χ4v) is 4.70. The molecular formula is C21H23Cl4N3O4S. The number of hydrogen-bond acceptors (Lipinski definition) is 4.